The average molecular weight is 344 g/mol. The van der Waals surface area contributed by atoms with Crippen molar-refractivity contribution in [2.75, 3.05) is 0 Å². The molecular weight excluding hydrogens is 310 g/mol. The first kappa shape index (κ1) is 19.5. The second kappa shape index (κ2) is 7.61. The van der Waals surface area contributed by atoms with Gasteiger partial charge in [-0.25, -0.2) is 0 Å². The molecule has 4 nitrogen and oxygen atoms in total. The molecule has 2 aromatic rings. The van der Waals surface area contributed by atoms with Crippen LogP contribution in [0.25, 0.3) is 0 Å². The standard InChI is InChI=1S/C21H33N3O/c1-14(13-20-16(3)23-24(8)17(20)4)22-15(2)18-9-11-19(12-10-18)25-21(5,6)7/h9-12,14-15,22H,13H2,1-8H3. The predicted molar refractivity (Wildman–Crippen MR) is 104 cm³/mol. The highest BCUT2D eigenvalue weighted by Gasteiger charge is 2.16. The molecule has 2 unspecified atom stereocenters. The number of nitrogens with zero attached hydrogens (tertiary/aromatic N) is 2. The molecule has 2 atom stereocenters. The van der Waals surface area contributed by atoms with E-state index >= 15 is 0 Å². The van der Waals surface area contributed by atoms with E-state index in [4.69, 9.17) is 4.74 Å². The van der Waals surface area contributed by atoms with Crippen LogP contribution in [0.5, 0.6) is 5.75 Å². The number of nitrogens with one attached hydrogen (secondary N) is 1. The Morgan fingerprint density at radius 3 is 2.20 bits per heavy atom. The van der Waals surface area contributed by atoms with Crippen molar-refractivity contribution in [3.05, 3.63) is 46.8 Å². The first-order valence-corrected chi connectivity index (χ1v) is 9.11. The van der Waals surface area contributed by atoms with Crippen LogP contribution in [-0.4, -0.2) is 21.4 Å². The fourth-order valence-electron chi connectivity index (χ4n) is 3.18. The summed E-state index contributed by atoms with van der Waals surface area (Å²) in [7, 11) is 2.01. The molecule has 2 rings (SSSR count). The molecule has 25 heavy (non-hydrogen) atoms. The maximum absolute atomic E-state index is 5.90. The second-order valence-corrected chi connectivity index (χ2v) is 8.05. The Morgan fingerprint density at radius 2 is 1.72 bits per heavy atom. The summed E-state index contributed by atoms with van der Waals surface area (Å²) in [5, 5.41) is 8.21. The summed E-state index contributed by atoms with van der Waals surface area (Å²) in [6.07, 6.45) is 0.987. The summed E-state index contributed by atoms with van der Waals surface area (Å²) in [5.41, 5.74) is 4.84. The first-order valence-electron chi connectivity index (χ1n) is 9.11. The van der Waals surface area contributed by atoms with E-state index in [0.717, 1.165) is 17.9 Å². The maximum atomic E-state index is 5.90. The fraction of sp³-hybridized carbons (Fsp3) is 0.571. The smallest absolute Gasteiger partial charge is 0.120 e. The topological polar surface area (TPSA) is 39.1 Å². The van der Waals surface area contributed by atoms with Crippen LogP contribution in [0, 0.1) is 13.8 Å². The van der Waals surface area contributed by atoms with Gasteiger partial charge in [0.05, 0.1) is 5.69 Å². The minimum absolute atomic E-state index is 0.167. The van der Waals surface area contributed by atoms with Crippen LogP contribution in [0.3, 0.4) is 0 Å². The molecule has 4 heteroatoms. The number of rotatable bonds is 6. The molecule has 0 bridgehead atoms. The van der Waals surface area contributed by atoms with Gasteiger partial charge in [0.1, 0.15) is 11.4 Å². The predicted octanol–water partition coefficient (Wildman–Crippen LogP) is 4.50. The lowest BCUT2D eigenvalue weighted by Gasteiger charge is -2.23. The van der Waals surface area contributed by atoms with Crippen molar-refractivity contribution in [2.24, 2.45) is 7.05 Å². The van der Waals surface area contributed by atoms with Gasteiger partial charge in [0.2, 0.25) is 0 Å². The Hall–Kier alpha value is -1.81. The molecule has 0 aliphatic heterocycles. The molecule has 0 saturated heterocycles. The Kier molecular flexibility index (Phi) is 5.94. The number of ether oxygens (including phenoxy) is 1. The van der Waals surface area contributed by atoms with E-state index in [2.05, 4.69) is 83.1 Å². The molecule has 1 N–H and O–H groups in total. The van der Waals surface area contributed by atoms with Crippen LogP contribution >= 0.6 is 0 Å². The van der Waals surface area contributed by atoms with Crippen molar-refractivity contribution < 1.29 is 4.74 Å². The van der Waals surface area contributed by atoms with E-state index in [1.54, 1.807) is 0 Å². The molecule has 0 spiro atoms. The van der Waals surface area contributed by atoms with E-state index in [1.165, 1.54) is 16.8 Å². The Morgan fingerprint density at radius 1 is 1.12 bits per heavy atom. The van der Waals surface area contributed by atoms with E-state index in [-0.39, 0.29) is 11.6 Å². The van der Waals surface area contributed by atoms with Gasteiger partial charge in [-0.2, -0.15) is 5.10 Å². The highest BCUT2D eigenvalue weighted by molar-refractivity contribution is 5.30. The first-order chi connectivity index (χ1) is 11.6. The highest BCUT2D eigenvalue weighted by Crippen LogP contribution is 2.22. The molecule has 0 radical (unpaired) electrons. The number of benzene rings is 1. The molecule has 1 aromatic carbocycles. The molecule has 0 saturated carbocycles. The lowest BCUT2D eigenvalue weighted by molar-refractivity contribution is 0.131. The van der Waals surface area contributed by atoms with Gasteiger partial charge in [0, 0.05) is 24.8 Å². The van der Waals surface area contributed by atoms with Crippen molar-refractivity contribution in [2.45, 2.75) is 72.6 Å². The zero-order valence-corrected chi connectivity index (χ0v) is 17.0. The Bertz CT molecular complexity index is 695. The number of hydrogen-bond donors (Lipinski definition) is 1. The Labute approximate surface area is 152 Å². The molecule has 0 fully saturated rings. The van der Waals surface area contributed by atoms with E-state index in [9.17, 15) is 0 Å². The third-order valence-electron chi connectivity index (χ3n) is 4.51. The van der Waals surface area contributed by atoms with Crippen LogP contribution in [-0.2, 0) is 13.5 Å². The normalized spacial score (nSPS) is 14.4. The summed E-state index contributed by atoms with van der Waals surface area (Å²) >= 11 is 0. The molecule has 0 amide bonds. The SMILES string of the molecule is Cc1nn(C)c(C)c1CC(C)NC(C)c1ccc(OC(C)(C)C)cc1. The quantitative estimate of drug-likeness (QED) is 0.839. The molecule has 0 aliphatic rings. The second-order valence-electron chi connectivity index (χ2n) is 8.05. The molecular formula is C21H33N3O. The lowest BCUT2D eigenvalue weighted by Crippen LogP contribution is -2.31. The summed E-state index contributed by atoms with van der Waals surface area (Å²) in [5.74, 6) is 0.915. The van der Waals surface area contributed by atoms with E-state index in [0.29, 0.717) is 6.04 Å². The van der Waals surface area contributed by atoms with Crippen LogP contribution in [0.2, 0.25) is 0 Å². The molecule has 138 valence electrons. The van der Waals surface area contributed by atoms with Crippen molar-refractivity contribution >= 4 is 0 Å². The summed E-state index contributed by atoms with van der Waals surface area (Å²) < 4.78 is 7.86. The van der Waals surface area contributed by atoms with Crippen molar-refractivity contribution in [3.63, 3.8) is 0 Å². The van der Waals surface area contributed by atoms with Gasteiger partial charge in [-0.15, -0.1) is 0 Å². The van der Waals surface area contributed by atoms with Crippen LogP contribution in [0.4, 0.5) is 0 Å². The van der Waals surface area contributed by atoms with Gasteiger partial charge < -0.3 is 10.1 Å². The van der Waals surface area contributed by atoms with Gasteiger partial charge in [-0.1, -0.05) is 12.1 Å². The fourth-order valence-corrected chi connectivity index (χ4v) is 3.18. The molecule has 0 aliphatic carbocycles. The molecule has 1 aromatic heterocycles. The largest absolute Gasteiger partial charge is 0.488 e. The van der Waals surface area contributed by atoms with Gasteiger partial charge in [0.25, 0.3) is 0 Å². The summed E-state index contributed by atoms with van der Waals surface area (Å²) in [4.78, 5) is 0. The zero-order valence-electron chi connectivity index (χ0n) is 17.0. The minimum atomic E-state index is -0.167. The third kappa shape index (κ3) is 5.33. The average Bonchev–Trinajstić information content (AvgIpc) is 2.72. The van der Waals surface area contributed by atoms with Crippen LogP contribution < -0.4 is 10.1 Å². The summed E-state index contributed by atoms with van der Waals surface area (Å²) in [6.45, 7) is 14.9. The minimum Gasteiger partial charge on any atom is -0.488 e. The van der Waals surface area contributed by atoms with Gasteiger partial charge in [-0.3, -0.25) is 4.68 Å². The van der Waals surface area contributed by atoms with Gasteiger partial charge in [-0.05, 0) is 78.1 Å². The van der Waals surface area contributed by atoms with E-state index in [1.807, 2.05) is 11.7 Å². The number of hydrogen-bond acceptors (Lipinski definition) is 3. The maximum Gasteiger partial charge on any atom is 0.120 e. The van der Waals surface area contributed by atoms with Crippen LogP contribution in [0.1, 0.15) is 63.2 Å². The van der Waals surface area contributed by atoms with Crippen molar-refractivity contribution in [1.29, 1.82) is 0 Å². The Balaban J connectivity index is 1.97. The van der Waals surface area contributed by atoms with E-state index < -0.39 is 0 Å². The zero-order chi connectivity index (χ0) is 18.8. The van der Waals surface area contributed by atoms with Gasteiger partial charge in [0.15, 0.2) is 0 Å². The van der Waals surface area contributed by atoms with Gasteiger partial charge >= 0.3 is 0 Å². The highest BCUT2D eigenvalue weighted by atomic mass is 16.5. The van der Waals surface area contributed by atoms with Crippen LogP contribution in [0.15, 0.2) is 24.3 Å². The lowest BCUT2D eigenvalue weighted by atomic mass is 10.0. The third-order valence-corrected chi connectivity index (χ3v) is 4.51. The monoisotopic (exact) mass is 343 g/mol. The molecule has 1 heterocycles. The van der Waals surface area contributed by atoms with Crippen molar-refractivity contribution in [3.8, 4) is 5.75 Å². The number of aromatic nitrogens is 2. The number of aryl methyl sites for hydroxylation is 2. The van der Waals surface area contributed by atoms with Crippen molar-refractivity contribution in [1.82, 2.24) is 15.1 Å². The summed E-state index contributed by atoms with van der Waals surface area (Å²) in [6, 6.07) is 9.06.